The second-order valence-corrected chi connectivity index (χ2v) is 14.2. The van der Waals surface area contributed by atoms with Gasteiger partial charge >= 0.3 is 0 Å². The average Bonchev–Trinajstić information content (AvgIpc) is 3.10. The van der Waals surface area contributed by atoms with Gasteiger partial charge in [-0.3, -0.25) is 9.59 Å². The van der Waals surface area contributed by atoms with Crippen molar-refractivity contribution in [3.8, 4) is 22.6 Å². The van der Waals surface area contributed by atoms with Gasteiger partial charge in [0.15, 0.2) is 10.3 Å². The molecule has 0 aliphatic carbocycles. The van der Waals surface area contributed by atoms with E-state index in [0.717, 1.165) is 57.1 Å². The zero-order valence-electron chi connectivity index (χ0n) is 29.3. The number of thioether (sulfide) groups is 2. The van der Waals surface area contributed by atoms with E-state index >= 15 is 0 Å². The Morgan fingerprint density at radius 1 is 0.538 bits per heavy atom. The number of hydrogen-bond acceptors (Lipinski definition) is 9. The molecule has 0 fully saturated rings. The molecule has 2 amide bonds. The van der Waals surface area contributed by atoms with Crippen LogP contribution in [0.15, 0.2) is 120 Å². The summed E-state index contributed by atoms with van der Waals surface area (Å²) in [5.74, 6) is 1.48. The summed E-state index contributed by atoms with van der Waals surface area (Å²) >= 11 is 2.63. The molecule has 2 N–H and O–H groups in total. The normalized spacial score (nSPS) is 10.8. The van der Waals surface area contributed by atoms with Crippen LogP contribution in [0.4, 0.5) is 11.4 Å². The minimum atomic E-state index is -0.149. The number of ether oxygens (including phenoxy) is 1. The molecule has 0 bridgehead atoms. The summed E-state index contributed by atoms with van der Waals surface area (Å²) in [7, 11) is 0. The molecular weight excluding hydrogens is 689 g/mol. The number of carbonyl (C=O) groups excluding carboxylic acids is 2. The maximum absolute atomic E-state index is 12.6. The largest absolute Gasteiger partial charge is 0.457 e. The van der Waals surface area contributed by atoms with Crippen molar-refractivity contribution in [1.82, 2.24) is 19.9 Å². The summed E-state index contributed by atoms with van der Waals surface area (Å²) in [6, 6.07) is 35.4. The molecule has 6 rings (SSSR count). The van der Waals surface area contributed by atoms with Crippen molar-refractivity contribution in [3.63, 3.8) is 0 Å². The SMILES string of the molecule is Cc1cc(C)nc(SCC(=O)Nc2cccc(Cc3ccc(-c4cccc(Oc5cccc(NC(=O)CSc6nc(C)cc(C)n6)c5)c4)cc3)c2)n1. The Kier molecular flexibility index (Phi) is 11.9. The van der Waals surface area contributed by atoms with Gasteiger partial charge in [0.05, 0.1) is 11.5 Å². The number of carbonyl (C=O) groups is 2. The van der Waals surface area contributed by atoms with Crippen molar-refractivity contribution in [3.05, 3.63) is 143 Å². The topological polar surface area (TPSA) is 119 Å². The van der Waals surface area contributed by atoms with Gasteiger partial charge in [-0.2, -0.15) is 0 Å². The molecule has 0 radical (unpaired) electrons. The molecule has 52 heavy (non-hydrogen) atoms. The number of amides is 2. The van der Waals surface area contributed by atoms with Gasteiger partial charge in [-0.25, -0.2) is 19.9 Å². The predicted octanol–water partition coefficient (Wildman–Crippen LogP) is 9.01. The first-order valence-electron chi connectivity index (χ1n) is 16.7. The van der Waals surface area contributed by atoms with E-state index in [0.29, 0.717) is 27.5 Å². The lowest BCUT2D eigenvalue weighted by Gasteiger charge is -2.11. The van der Waals surface area contributed by atoms with Crippen molar-refractivity contribution in [2.45, 2.75) is 44.4 Å². The summed E-state index contributed by atoms with van der Waals surface area (Å²) in [4.78, 5) is 42.8. The molecule has 0 atom stereocenters. The van der Waals surface area contributed by atoms with E-state index in [-0.39, 0.29) is 23.3 Å². The third-order valence-electron chi connectivity index (χ3n) is 7.68. The summed E-state index contributed by atoms with van der Waals surface area (Å²) in [6.45, 7) is 7.67. The Labute approximate surface area is 312 Å². The predicted molar refractivity (Wildman–Crippen MR) is 209 cm³/mol. The van der Waals surface area contributed by atoms with Crippen molar-refractivity contribution in [2.75, 3.05) is 22.1 Å². The van der Waals surface area contributed by atoms with E-state index in [1.807, 2.05) is 100 Å². The van der Waals surface area contributed by atoms with Gasteiger partial charge in [0.25, 0.3) is 0 Å². The zero-order chi connectivity index (χ0) is 36.5. The van der Waals surface area contributed by atoms with Crippen molar-refractivity contribution in [1.29, 1.82) is 0 Å². The summed E-state index contributed by atoms with van der Waals surface area (Å²) in [6.07, 6.45) is 0.725. The van der Waals surface area contributed by atoms with Crippen LogP contribution in [0.2, 0.25) is 0 Å². The summed E-state index contributed by atoms with van der Waals surface area (Å²) in [5.41, 5.74) is 9.26. The summed E-state index contributed by atoms with van der Waals surface area (Å²) < 4.78 is 6.19. The van der Waals surface area contributed by atoms with E-state index in [2.05, 4.69) is 60.9 Å². The van der Waals surface area contributed by atoms with E-state index in [1.54, 1.807) is 6.07 Å². The van der Waals surface area contributed by atoms with Gasteiger partial charge in [-0.1, -0.05) is 78.1 Å². The lowest BCUT2D eigenvalue weighted by atomic mass is 10.00. The first-order valence-corrected chi connectivity index (χ1v) is 18.7. The van der Waals surface area contributed by atoms with E-state index < -0.39 is 0 Å². The highest BCUT2D eigenvalue weighted by atomic mass is 32.2. The molecule has 0 spiro atoms. The van der Waals surface area contributed by atoms with Gasteiger partial charge in [-0.05, 0) is 105 Å². The maximum atomic E-state index is 12.6. The number of hydrogen-bond donors (Lipinski definition) is 2. The van der Waals surface area contributed by atoms with Crippen molar-refractivity contribution in [2.24, 2.45) is 0 Å². The van der Waals surface area contributed by atoms with Gasteiger partial charge < -0.3 is 15.4 Å². The highest BCUT2D eigenvalue weighted by Crippen LogP contribution is 2.29. The van der Waals surface area contributed by atoms with Crippen molar-refractivity contribution >= 4 is 46.7 Å². The van der Waals surface area contributed by atoms with Crippen LogP contribution in [-0.4, -0.2) is 43.3 Å². The van der Waals surface area contributed by atoms with Crippen LogP contribution in [0, 0.1) is 27.7 Å². The van der Waals surface area contributed by atoms with Crippen LogP contribution in [0.3, 0.4) is 0 Å². The van der Waals surface area contributed by atoms with Crippen LogP contribution in [0.5, 0.6) is 11.5 Å². The number of anilines is 2. The van der Waals surface area contributed by atoms with Gasteiger partial charge in [-0.15, -0.1) is 0 Å². The van der Waals surface area contributed by atoms with Crippen LogP contribution in [0.1, 0.15) is 33.9 Å². The highest BCUT2D eigenvalue weighted by molar-refractivity contribution is 8.00. The van der Waals surface area contributed by atoms with Gasteiger partial charge in [0.1, 0.15) is 11.5 Å². The number of aryl methyl sites for hydroxylation is 4. The van der Waals surface area contributed by atoms with Gasteiger partial charge in [0.2, 0.25) is 11.8 Å². The molecule has 0 unspecified atom stereocenters. The molecular formula is C41H38N6O3S2. The Balaban J connectivity index is 1.02. The first-order chi connectivity index (χ1) is 25.1. The molecule has 6 aromatic rings. The molecule has 4 aromatic carbocycles. The number of rotatable bonds is 13. The average molecular weight is 727 g/mol. The number of nitrogens with one attached hydrogen (secondary N) is 2. The van der Waals surface area contributed by atoms with E-state index in [9.17, 15) is 9.59 Å². The fourth-order valence-electron chi connectivity index (χ4n) is 5.49. The zero-order valence-corrected chi connectivity index (χ0v) is 31.0. The lowest BCUT2D eigenvalue weighted by molar-refractivity contribution is -0.114. The molecule has 0 saturated heterocycles. The second kappa shape index (κ2) is 17.1. The van der Waals surface area contributed by atoms with Crippen LogP contribution in [-0.2, 0) is 16.0 Å². The molecule has 0 aliphatic heterocycles. The molecule has 262 valence electrons. The Morgan fingerprint density at radius 2 is 1.04 bits per heavy atom. The number of benzene rings is 4. The second-order valence-electron chi connectivity index (χ2n) is 12.3. The van der Waals surface area contributed by atoms with E-state index in [1.165, 1.54) is 23.5 Å². The summed E-state index contributed by atoms with van der Waals surface area (Å²) in [5, 5.41) is 7.12. The fourth-order valence-corrected chi connectivity index (χ4v) is 6.99. The molecule has 11 heteroatoms. The smallest absolute Gasteiger partial charge is 0.234 e. The third-order valence-corrected chi connectivity index (χ3v) is 9.38. The quantitative estimate of drug-likeness (QED) is 0.0888. The van der Waals surface area contributed by atoms with Gasteiger partial charge in [0, 0.05) is 40.2 Å². The maximum Gasteiger partial charge on any atom is 0.234 e. The molecule has 2 heterocycles. The first kappa shape index (κ1) is 36.3. The molecule has 0 saturated carbocycles. The van der Waals surface area contributed by atoms with Crippen LogP contribution >= 0.6 is 23.5 Å². The standard InChI is InChI=1S/C41H38N6O3S2/c1-26-18-27(2)43-40(42-26)51-24-38(48)46-34-10-5-8-31(21-34)20-30-14-16-32(17-15-30)33-9-6-12-36(22-33)50-37-13-7-11-35(23-37)47-39(49)25-52-41-44-28(3)19-29(4)45-41/h5-19,21-23H,20,24-25H2,1-4H3,(H,46,48)(H,47,49). The lowest BCUT2D eigenvalue weighted by Crippen LogP contribution is -2.14. The number of aromatic nitrogens is 4. The minimum Gasteiger partial charge on any atom is -0.457 e. The van der Waals surface area contributed by atoms with Crippen molar-refractivity contribution < 1.29 is 14.3 Å². The highest BCUT2D eigenvalue weighted by Gasteiger charge is 2.10. The molecule has 9 nitrogen and oxygen atoms in total. The Morgan fingerprint density at radius 3 is 1.62 bits per heavy atom. The Bertz CT molecular complexity index is 2170. The fraction of sp³-hybridized carbons (Fsp3) is 0.171. The minimum absolute atomic E-state index is 0.102. The monoisotopic (exact) mass is 726 g/mol. The number of nitrogens with zero attached hydrogens (tertiary/aromatic N) is 4. The third kappa shape index (κ3) is 10.7. The van der Waals surface area contributed by atoms with Crippen LogP contribution in [0.25, 0.3) is 11.1 Å². The van der Waals surface area contributed by atoms with E-state index in [4.69, 9.17) is 4.74 Å². The molecule has 0 aliphatic rings. The van der Waals surface area contributed by atoms with Crippen LogP contribution < -0.4 is 15.4 Å². The molecule has 2 aromatic heterocycles. The Hall–Kier alpha value is -5.52.